The van der Waals surface area contributed by atoms with Gasteiger partial charge < -0.3 is 20.1 Å². The first kappa shape index (κ1) is 71.7. The molecule has 0 aliphatic carbocycles. The molecular formula is C64H118NO8P. The van der Waals surface area contributed by atoms with Crippen LogP contribution < -0.4 is 5.73 Å². The Hall–Kier alpha value is -2.29. The number of carbonyl (C=O) groups excluding carboxylic acids is 2. The minimum Gasteiger partial charge on any atom is -0.462 e. The van der Waals surface area contributed by atoms with Crippen molar-refractivity contribution in [3.8, 4) is 0 Å². The van der Waals surface area contributed by atoms with Crippen LogP contribution in [0.4, 0.5) is 0 Å². The predicted octanol–water partition coefficient (Wildman–Crippen LogP) is 19.9. The van der Waals surface area contributed by atoms with Gasteiger partial charge in [0.1, 0.15) is 6.61 Å². The summed E-state index contributed by atoms with van der Waals surface area (Å²) in [5, 5.41) is 0. The number of phosphoric acid groups is 1. The van der Waals surface area contributed by atoms with Crippen LogP contribution in [-0.2, 0) is 32.7 Å². The molecule has 0 fully saturated rings. The second-order valence-electron chi connectivity index (χ2n) is 20.9. The van der Waals surface area contributed by atoms with E-state index in [9.17, 15) is 19.0 Å². The van der Waals surface area contributed by atoms with Crippen LogP contribution in [0.1, 0.15) is 303 Å². The predicted molar refractivity (Wildman–Crippen MR) is 316 cm³/mol. The van der Waals surface area contributed by atoms with E-state index in [1.807, 2.05) is 0 Å². The molecule has 0 amide bonds. The Morgan fingerprint density at radius 3 is 1.12 bits per heavy atom. The lowest BCUT2D eigenvalue weighted by molar-refractivity contribution is -0.161. The highest BCUT2D eigenvalue weighted by atomic mass is 31.2. The third-order valence-electron chi connectivity index (χ3n) is 13.6. The zero-order chi connectivity index (χ0) is 53.8. The topological polar surface area (TPSA) is 134 Å². The molecule has 0 spiro atoms. The number of ether oxygens (including phenoxy) is 2. The van der Waals surface area contributed by atoms with Crippen LogP contribution >= 0.6 is 7.82 Å². The Labute approximate surface area is 457 Å². The van der Waals surface area contributed by atoms with Gasteiger partial charge in [0.2, 0.25) is 0 Å². The number of hydrogen-bond acceptors (Lipinski definition) is 8. The molecule has 2 atom stereocenters. The molecule has 10 heteroatoms. The Kier molecular flexibility index (Phi) is 58.1. The summed E-state index contributed by atoms with van der Waals surface area (Å²) in [6.07, 6.45) is 76.2. The zero-order valence-corrected chi connectivity index (χ0v) is 49.2. The maximum absolute atomic E-state index is 12.7. The van der Waals surface area contributed by atoms with Crippen molar-refractivity contribution in [3.05, 3.63) is 60.8 Å². The summed E-state index contributed by atoms with van der Waals surface area (Å²) >= 11 is 0. The monoisotopic (exact) mass is 1060 g/mol. The zero-order valence-electron chi connectivity index (χ0n) is 48.3. The van der Waals surface area contributed by atoms with Crippen molar-refractivity contribution in [1.82, 2.24) is 0 Å². The highest BCUT2D eigenvalue weighted by Gasteiger charge is 2.26. The lowest BCUT2D eigenvalue weighted by Gasteiger charge is -2.19. The van der Waals surface area contributed by atoms with Gasteiger partial charge in [-0.2, -0.15) is 0 Å². The van der Waals surface area contributed by atoms with E-state index in [1.165, 1.54) is 193 Å². The van der Waals surface area contributed by atoms with Crippen molar-refractivity contribution < 1.29 is 37.6 Å². The molecular weight excluding hydrogens is 942 g/mol. The number of esters is 2. The maximum Gasteiger partial charge on any atom is 0.472 e. The Balaban J connectivity index is 3.70. The molecule has 2 unspecified atom stereocenters. The van der Waals surface area contributed by atoms with Gasteiger partial charge in [-0.05, 0) is 77.0 Å². The van der Waals surface area contributed by atoms with E-state index in [2.05, 4.69) is 74.6 Å². The van der Waals surface area contributed by atoms with Crippen molar-refractivity contribution in [2.75, 3.05) is 26.4 Å². The Morgan fingerprint density at radius 1 is 0.419 bits per heavy atom. The largest absolute Gasteiger partial charge is 0.472 e. The van der Waals surface area contributed by atoms with Crippen molar-refractivity contribution in [2.45, 2.75) is 309 Å². The lowest BCUT2D eigenvalue weighted by atomic mass is 10.0. The number of hydrogen-bond donors (Lipinski definition) is 2. The molecule has 0 aromatic heterocycles. The van der Waals surface area contributed by atoms with E-state index in [1.54, 1.807) is 0 Å². The number of carbonyl (C=O) groups is 2. The molecule has 0 rings (SSSR count). The molecule has 0 aliphatic heterocycles. The minimum absolute atomic E-state index is 0.0535. The fourth-order valence-corrected chi connectivity index (χ4v) is 9.80. The van der Waals surface area contributed by atoms with Crippen LogP contribution in [0, 0.1) is 0 Å². The van der Waals surface area contributed by atoms with Gasteiger partial charge >= 0.3 is 19.8 Å². The first-order valence-corrected chi connectivity index (χ1v) is 32.8. The van der Waals surface area contributed by atoms with Gasteiger partial charge in [-0.3, -0.25) is 18.6 Å². The molecule has 0 aliphatic rings. The first-order valence-electron chi connectivity index (χ1n) is 31.3. The number of nitrogens with two attached hydrogens (primary N) is 1. The fourth-order valence-electron chi connectivity index (χ4n) is 9.04. The summed E-state index contributed by atoms with van der Waals surface area (Å²) < 4.78 is 33.0. The number of unbranched alkanes of at least 4 members (excludes halogenated alkanes) is 36. The van der Waals surface area contributed by atoms with Crippen LogP contribution in [0.25, 0.3) is 0 Å². The highest BCUT2D eigenvalue weighted by Crippen LogP contribution is 2.43. The molecule has 0 radical (unpaired) electrons. The van der Waals surface area contributed by atoms with E-state index in [0.717, 1.165) is 77.0 Å². The average Bonchev–Trinajstić information content (AvgIpc) is 3.39. The van der Waals surface area contributed by atoms with Crippen molar-refractivity contribution in [1.29, 1.82) is 0 Å². The summed E-state index contributed by atoms with van der Waals surface area (Å²) in [7, 11) is -4.38. The summed E-state index contributed by atoms with van der Waals surface area (Å²) in [4.78, 5) is 35.1. The lowest BCUT2D eigenvalue weighted by Crippen LogP contribution is -2.29. The van der Waals surface area contributed by atoms with Gasteiger partial charge in [0, 0.05) is 19.4 Å². The Bertz CT molecular complexity index is 1390. The highest BCUT2D eigenvalue weighted by molar-refractivity contribution is 7.47. The maximum atomic E-state index is 12.7. The third kappa shape index (κ3) is 59.0. The van der Waals surface area contributed by atoms with Crippen molar-refractivity contribution in [2.24, 2.45) is 5.73 Å². The third-order valence-corrected chi connectivity index (χ3v) is 14.6. The molecule has 0 saturated carbocycles. The van der Waals surface area contributed by atoms with Gasteiger partial charge in [0.15, 0.2) is 6.10 Å². The summed E-state index contributed by atoms with van der Waals surface area (Å²) in [6, 6.07) is 0. The normalized spacial score (nSPS) is 13.4. The van der Waals surface area contributed by atoms with Gasteiger partial charge in [0.25, 0.3) is 0 Å². The van der Waals surface area contributed by atoms with Crippen LogP contribution in [0.15, 0.2) is 60.8 Å². The van der Waals surface area contributed by atoms with Crippen LogP contribution in [-0.4, -0.2) is 49.3 Å². The van der Waals surface area contributed by atoms with E-state index in [0.29, 0.717) is 6.42 Å². The standard InChI is InChI=1S/C64H118NO8P/c1-3-5-7-9-11-13-15-17-18-19-20-21-22-23-24-25-26-27-28-29-30-31-32-33-34-35-36-37-38-39-40-41-42-43-44-45-47-49-51-53-55-57-64(67)73-62(61-72-74(68,69)71-59-58-65)60-70-63(66)56-54-52-50-48-46-16-14-12-10-8-6-4-2/h5,7,11-14,17-18,20-21,62H,3-4,6,8-10,15-16,19,22-61,65H2,1-2H3,(H,68,69)/b7-5-,13-11-,14-12-,18-17-,21-20-. The number of allylic oxidation sites excluding steroid dienone is 10. The van der Waals surface area contributed by atoms with Crippen molar-refractivity contribution >= 4 is 19.8 Å². The quantitative estimate of drug-likeness (QED) is 0.0264. The molecule has 0 saturated heterocycles. The summed E-state index contributed by atoms with van der Waals surface area (Å²) in [5.74, 6) is -0.827. The smallest absolute Gasteiger partial charge is 0.462 e. The molecule has 0 bridgehead atoms. The summed E-state index contributed by atoms with van der Waals surface area (Å²) in [5.41, 5.74) is 5.37. The minimum atomic E-state index is -4.38. The molecule has 0 aromatic rings. The molecule has 9 nitrogen and oxygen atoms in total. The van der Waals surface area contributed by atoms with Crippen LogP contribution in [0.2, 0.25) is 0 Å². The van der Waals surface area contributed by atoms with E-state index in [4.69, 9.17) is 24.3 Å². The Morgan fingerprint density at radius 2 is 0.743 bits per heavy atom. The van der Waals surface area contributed by atoms with Crippen LogP contribution in [0.5, 0.6) is 0 Å². The molecule has 74 heavy (non-hydrogen) atoms. The SMILES string of the molecule is CC/C=C\C/C=C\C/C=C\C/C=C\CCCCCCCCCCCCCCCCCCCCCCCCCCCCCCC(=O)OC(COC(=O)CCCCCCC/C=C\CCCCC)COP(=O)(O)OCCN. The van der Waals surface area contributed by atoms with Gasteiger partial charge in [-0.25, -0.2) is 4.57 Å². The molecule has 3 N–H and O–H groups in total. The molecule has 0 aromatic carbocycles. The summed E-state index contributed by atoms with van der Waals surface area (Å²) in [6.45, 7) is 3.62. The average molecular weight is 1060 g/mol. The van der Waals surface area contributed by atoms with E-state index in [-0.39, 0.29) is 38.6 Å². The second kappa shape index (κ2) is 59.9. The number of phosphoric ester groups is 1. The molecule has 432 valence electrons. The molecule has 0 heterocycles. The van der Waals surface area contributed by atoms with E-state index >= 15 is 0 Å². The number of rotatable bonds is 59. The fraction of sp³-hybridized carbons (Fsp3) is 0.812. The van der Waals surface area contributed by atoms with Gasteiger partial charge in [-0.15, -0.1) is 0 Å². The first-order chi connectivity index (χ1) is 36.3. The second-order valence-corrected chi connectivity index (χ2v) is 22.3. The van der Waals surface area contributed by atoms with Gasteiger partial charge in [0.05, 0.1) is 13.2 Å². The van der Waals surface area contributed by atoms with E-state index < -0.39 is 26.5 Å². The van der Waals surface area contributed by atoms with Crippen molar-refractivity contribution in [3.63, 3.8) is 0 Å². The van der Waals surface area contributed by atoms with Crippen LogP contribution in [0.3, 0.4) is 0 Å². The van der Waals surface area contributed by atoms with Gasteiger partial charge in [-0.1, -0.05) is 274 Å².